The summed E-state index contributed by atoms with van der Waals surface area (Å²) in [6.45, 7) is 1.73. The molecule has 0 aliphatic heterocycles. The number of carboxylic acid groups (broad SMARTS) is 1. The number of aliphatic carboxylic acids is 1. The van der Waals surface area contributed by atoms with Gasteiger partial charge in [-0.3, -0.25) is 9.59 Å². The summed E-state index contributed by atoms with van der Waals surface area (Å²) in [5.41, 5.74) is 0. The minimum Gasteiger partial charge on any atom is -0.481 e. The van der Waals surface area contributed by atoms with Gasteiger partial charge >= 0.3 is 5.97 Å². The molecule has 6 heteroatoms. The van der Waals surface area contributed by atoms with E-state index in [4.69, 9.17) is 5.11 Å². The number of benzene rings is 1. The zero-order valence-electron chi connectivity index (χ0n) is 11.5. The zero-order chi connectivity index (χ0) is 15.1. The van der Waals surface area contributed by atoms with Crippen LogP contribution in [0.2, 0.25) is 0 Å². The van der Waals surface area contributed by atoms with E-state index in [1.165, 1.54) is 22.7 Å². The predicted molar refractivity (Wildman–Crippen MR) is 76.2 cm³/mol. The van der Waals surface area contributed by atoms with E-state index in [0.717, 1.165) is 0 Å². The van der Waals surface area contributed by atoms with Crippen LogP contribution in [0.3, 0.4) is 0 Å². The zero-order valence-corrected chi connectivity index (χ0v) is 12.3. The van der Waals surface area contributed by atoms with E-state index in [2.05, 4.69) is 0 Å². The molecule has 20 heavy (non-hydrogen) atoms. The lowest BCUT2D eigenvalue weighted by atomic mass is 10.2. The van der Waals surface area contributed by atoms with Gasteiger partial charge in [0.25, 0.3) is 0 Å². The van der Waals surface area contributed by atoms with Crippen LogP contribution in [0.25, 0.3) is 0 Å². The first-order valence-electron chi connectivity index (χ1n) is 6.26. The van der Waals surface area contributed by atoms with Crippen LogP contribution >= 0.6 is 11.8 Å². The monoisotopic (exact) mass is 299 g/mol. The molecule has 1 atom stereocenters. The van der Waals surface area contributed by atoms with Gasteiger partial charge in [0, 0.05) is 30.7 Å². The maximum atomic E-state index is 13.4. The van der Waals surface area contributed by atoms with E-state index in [1.807, 2.05) is 0 Å². The standard InChI is InChI=1S/C14H18FNO3S/c1-10(14(18)19)9-16(2)13(17)7-8-20-12-6-4-3-5-11(12)15/h3-6,10H,7-9H2,1-2H3,(H,18,19). The second kappa shape index (κ2) is 7.89. The fraction of sp³-hybridized carbons (Fsp3) is 0.429. The second-order valence-electron chi connectivity index (χ2n) is 4.54. The summed E-state index contributed by atoms with van der Waals surface area (Å²) in [6.07, 6.45) is 0.252. The van der Waals surface area contributed by atoms with E-state index in [-0.39, 0.29) is 24.7 Å². The number of thioether (sulfide) groups is 1. The molecule has 4 nitrogen and oxygen atoms in total. The van der Waals surface area contributed by atoms with Crippen LogP contribution in [-0.4, -0.2) is 41.2 Å². The number of carbonyl (C=O) groups is 2. The summed E-state index contributed by atoms with van der Waals surface area (Å²) < 4.78 is 13.4. The van der Waals surface area contributed by atoms with Gasteiger partial charge in [-0.25, -0.2) is 4.39 Å². The van der Waals surface area contributed by atoms with Crippen molar-refractivity contribution in [3.8, 4) is 0 Å². The molecule has 0 fully saturated rings. The minimum atomic E-state index is -0.926. The first-order chi connectivity index (χ1) is 9.41. The smallest absolute Gasteiger partial charge is 0.308 e. The van der Waals surface area contributed by atoms with Crippen LogP contribution < -0.4 is 0 Å². The van der Waals surface area contributed by atoms with Crippen molar-refractivity contribution in [1.29, 1.82) is 0 Å². The van der Waals surface area contributed by atoms with Crippen molar-refractivity contribution in [2.45, 2.75) is 18.2 Å². The highest BCUT2D eigenvalue weighted by Crippen LogP contribution is 2.21. The van der Waals surface area contributed by atoms with E-state index in [9.17, 15) is 14.0 Å². The molecule has 1 rings (SSSR count). The summed E-state index contributed by atoms with van der Waals surface area (Å²) >= 11 is 1.28. The third-order valence-corrected chi connectivity index (χ3v) is 3.86. The summed E-state index contributed by atoms with van der Waals surface area (Å²) in [4.78, 5) is 24.4. The Morgan fingerprint density at radius 1 is 1.40 bits per heavy atom. The van der Waals surface area contributed by atoms with Crippen molar-refractivity contribution >= 4 is 23.6 Å². The summed E-state index contributed by atoms with van der Waals surface area (Å²) in [5, 5.41) is 8.78. The van der Waals surface area contributed by atoms with E-state index < -0.39 is 11.9 Å². The van der Waals surface area contributed by atoms with Gasteiger partial charge in [-0.15, -0.1) is 11.8 Å². The normalized spacial score (nSPS) is 11.9. The molecule has 0 aromatic heterocycles. The number of halogens is 1. The molecule has 0 aliphatic carbocycles. The van der Waals surface area contributed by atoms with Gasteiger partial charge in [0.1, 0.15) is 5.82 Å². The predicted octanol–water partition coefficient (Wildman–Crippen LogP) is 2.49. The Kier molecular flexibility index (Phi) is 6.51. The van der Waals surface area contributed by atoms with Gasteiger partial charge < -0.3 is 10.0 Å². The maximum absolute atomic E-state index is 13.4. The average Bonchev–Trinajstić information content (AvgIpc) is 2.40. The van der Waals surface area contributed by atoms with Gasteiger partial charge in [-0.2, -0.15) is 0 Å². The number of amides is 1. The Labute approximate surface area is 122 Å². The largest absolute Gasteiger partial charge is 0.481 e. The molecule has 1 aromatic rings. The molecular formula is C14H18FNO3S. The molecule has 0 radical (unpaired) electrons. The van der Waals surface area contributed by atoms with Crippen molar-refractivity contribution in [3.63, 3.8) is 0 Å². The number of hydrogen-bond acceptors (Lipinski definition) is 3. The van der Waals surface area contributed by atoms with Gasteiger partial charge in [-0.05, 0) is 12.1 Å². The summed E-state index contributed by atoms with van der Waals surface area (Å²) in [7, 11) is 1.58. The van der Waals surface area contributed by atoms with Crippen LogP contribution in [0.5, 0.6) is 0 Å². The fourth-order valence-electron chi connectivity index (χ4n) is 1.59. The molecule has 110 valence electrons. The molecule has 0 saturated carbocycles. The third-order valence-electron chi connectivity index (χ3n) is 2.81. The Morgan fingerprint density at radius 2 is 2.05 bits per heavy atom. The molecule has 1 unspecified atom stereocenters. The van der Waals surface area contributed by atoms with Gasteiger partial charge in [0.05, 0.1) is 5.92 Å². The highest BCUT2D eigenvalue weighted by atomic mass is 32.2. The molecule has 0 saturated heterocycles. The van der Waals surface area contributed by atoms with Crippen LogP contribution in [0.1, 0.15) is 13.3 Å². The Balaban J connectivity index is 2.36. The van der Waals surface area contributed by atoms with Crippen LogP contribution in [-0.2, 0) is 9.59 Å². The fourth-order valence-corrected chi connectivity index (χ4v) is 2.47. The highest BCUT2D eigenvalue weighted by molar-refractivity contribution is 7.99. The van der Waals surface area contributed by atoms with Crippen molar-refractivity contribution < 1.29 is 19.1 Å². The summed E-state index contributed by atoms with van der Waals surface area (Å²) in [6, 6.07) is 6.41. The first-order valence-corrected chi connectivity index (χ1v) is 7.24. The van der Waals surface area contributed by atoms with Gasteiger partial charge in [-0.1, -0.05) is 19.1 Å². The molecule has 0 bridgehead atoms. The van der Waals surface area contributed by atoms with Crippen LogP contribution in [0.4, 0.5) is 4.39 Å². The Morgan fingerprint density at radius 3 is 2.65 bits per heavy atom. The lowest BCUT2D eigenvalue weighted by Gasteiger charge is -2.19. The topological polar surface area (TPSA) is 57.6 Å². The molecule has 1 aromatic carbocycles. The molecule has 1 amide bonds. The molecule has 0 aliphatic rings. The number of nitrogens with zero attached hydrogens (tertiary/aromatic N) is 1. The lowest BCUT2D eigenvalue weighted by Crippen LogP contribution is -2.33. The lowest BCUT2D eigenvalue weighted by molar-refractivity contribution is -0.142. The number of carboxylic acids is 1. The number of carbonyl (C=O) groups excluding carboxylic acids is 1. The van der Waals surface area contributed by atoms with Crippen molar-refractivity contribution in [2.24, 2.45) is 5.92 Å². The van der Waals surface area contributed by atoms with Crippen molar-refractivity contribution in [2.75, 3.05) is 19.3 Å². The highest BCUT2D eigenvalue weighted by Gasteiger charge is 2.17. The number of hydrogen-bond donors (Lipinski definition) is 1. The molecular weight excluding hydrogens is 281 g/mol. The molecule has 1 N–H and O–H groups in total. The SMILES string of the molecule is CC(CN(C)C(=O)CCSc1ccccc1F)C(=O)O. The van der Waals surface area contributed by atoms with Crippen LogP contribution in [0.15, 0.2) is 29.2 Å². The third kappa shape index (κ3) is 5.21. The van der Waals surface area contributed by atoms with Crippen LogP contribution in [0, 0.1) is 11.7 Å². The van der Waals surface area contributed by atoms with Gasteiger partial charge in [0.2, 0.25) is 5.91 Å². The maximum Gasteiger partial charge on any atom is 0.308 e. The first kappa shape index (κ1) is 16.5. The number of rotatable bonds is 7. The van der Waals surface area contributed by atoms with E-state index in [1.54, 1.807) is 32.2 Å². The van der Waals surface area contributed by atoms with E-state index in [0.29, 0.717) is 10.6 Å². The Hall–Kier alpha value is -1.56. The summed E-state index contributed by atoms with van der Waals surface area (Å²) in [5.74, 6) is -1.49. The van der Waals surface area contributed by atoms with E-state index >= 15 is 0 Å². The Bertz CT molecular complexity index is 481. The average molecular weight is 299 g/mol. The minimum absolute atomic E-state index is 0.137. The van der Waals surface area contributed by atoms with Crippen molar-refractivity contribution in [3.05, 3.63) is 30.1 Å². The van der Waals surface area contributed by atoms with Crippen molar-refractivity contribution in [1.82, 2.24) is 4.90 Å². The molecule has 0 heterocycles. The van der Waals surface area contributed by atoms with Gasteiger partial charge in [0.15, 0.2) is 0 Å². The quantitative estimate of drug-likeness (QED) is 0.786. The molecule has 0 spiro atoms. The second-order valence-corrected chi connectivity index (χ2v) is 5.68.